The fraction of sp³-hybridized carbons (Fsp3) is 0.568. The van der Waals surface area contributed by atoms with E-state index < -0.39 is 47.0 Å². The van der Waals surface area contributed by atoms with Crippen LogP contribution >= 0.6 is 0 Å². The van der Waals surface area contributed by atoms with Crippen LogP contribution in [0.25, 0.3) is 22.2 Å². The second-order valence-electron chi connectivity index (χ2n) is 16.1. The number of fused-ring (bicyclic) bond motifs is 2. The summed E-state index contributed by atoms with van der Waals surface area (Å²) in [7, 11) is 1.61. The first kappa shape index (κ1) is 43.0. The Hall–Kier alpha value is -4.56. The monoisotopic (exact) mass is 816 g/mol. The highest BCUT2D eigenvalue weighted by Gasteiger charge is 2.44. The lowest BCUT2D eigenvalue weighted by molar-refractivity contribution is -0.145. The van der Waals surface area contributed by atoms with E-state index >= 15 is 0 Å². The number of nitrogens with two attached hydrogens (primary N) is 1. The number of benzene rings is 2. The molecular formula is C44H58N5O8S-. The molecule has 0 radical (unpaired) electrons. The summed E-state index contributed by atoms with van der Waals surface area (Å²) in [5.74, 6) is -0.538. The van der Waals surface area contributed by atoms with Crippen molar-refractivity contribution in [2.45, 2.75) is 126 Å². The van der Waals surface area contributed by atoms with Gasteiger partial charge in [0.15, 0.2) is 0 Å². The van der Waals surface area contributed by atoms with Crippen LogP contribution in [0.4, 0.5) is 0 Å². The fourth-order valence-electron chi connectivity index (χ4n) is 8.18. The molecule has 4 heterocycles. The molecule has 4 aliphatic rings. The number of piperidine rings is 1. The highest BCUT2D eigenvalue weighted by atomic mass is 32.2. The molecule has 3 saturated heterocycles. The van der Waals surface area contributed by atoms with E-state index in [-0.39, 0.29) is 36.5 Å². The van der Waals surface area contributed by atoms with Crippen molar-refractivity contribution >= 4 is 45.6 Å². The van der Waals surface area contributed by atoms with Gasteiger partial charge in [-0.1, -0.05) is 86.4 Å². The van der Waals surface area contributed by atoms with Crippen LogP contribution in [-0.2, 0) is 30.3 Å². The van der Waals surface area contributed by atoms with E-state index in [4.69, 9.17) is 20.2 Å². The number of hydrogen-bond donors (Lipinski definition) is 2. The smallest absolute Gasteiger partial charge is 0.243 e. The van der Waals surface area contributed by atoms with Crippen LogP contribution in [0.2, 0.25) is 0 Å². The van der Waals surface area contributed by atoms with Crippen molar-refractivity contribution in [3.05, 3.63) is 54.6 Å². The molecule has 5 atom stereocenters. The number of hydrogen-bond acceptors (Lipinski definition) is 9. The zero-order chi connectivity index (χ0) is 41.0. The van der Waals surface area contributed by atoms with Crippen molar-refractivity contribution in [3.63, 3.8) is 0 Å². The van der Waals surface area contributed by atoms with Crippen LogP contribution in [0, 0.1) is 5.92 Å². The van der Waals surface area contributed by atoms with Gasteiger partial charge in [-0.2, -0.15) is 0 Å². The molecule has 1 saturated carbocycles. The Balaban J connectivity index is 0.000000865. The second kappa shape index (κ2) is 20.9. The summed E-state index contributed by atoms with van der Waals surface area (Å²) < 4.78 is 31.8. The normalized spacial score (nSPS) is 24.2. The highest BCUT2D eigenvalue weighted by molar-refractivity contribution is 7.80. The van der Waals surface area contributed by atoms with Crippen molar-refractivity contribution < 1.29 is 37.4 Å². The molecule has 4 fully saturated rings. The van der Waals surface area contributed by atoms with E-state index in [0.717, 1.165) is 107 Å². The molecule has 58 heavy (non-hydrogen) atoms. The number of aromatic nitrogens is 1. The Labute approximate surface area is 344 Å². The molecule has 1 aliphatic carbocycles. The number of nitrogens with zero attached hydrogens (tertiary/aromatic N) is 3. The van der Waals surface area contributed by atoms with E-state index in [9.17, 15) is 27.9 Å². The van der Waals surface area contributed by atoms with Crippen LogP contribution < -0.4 is 20.5 Å². The van der Waals surface area contributed by atoms with Crippen molar-refractivity contribution in [2.24, 2.45) is 11.7 Å². The molecule has 3 aliphatic heterocycles. The van der Waals surface area contributed by atoms with E-state index in [0.29, 0.717) is 29.9 Å². The Bertz CT molecular complexity index is 1900. The van der Waals surface area contributed by atoms with Crippen LogP contribution in [-0.4, -0.2) is 97.4 Å². The van der Waals surface area contributed by atoms with Gasteiger partial charge in [0.1, 0.15) is 29.7 Å². The number of pyridine rings is 1. The predicted molar refractivity (Wildman–Crippen MR) is 221 cm³/mol. The highest BCUT2D eigenvalue weighted by Crippen LogP contribution is 2.35. The first-order chi connectivity index (χ1) is 28.1. The number of carbonyl (C=O) groups is 4. The molecule has 2 aromatic carbocycles. The van der Waals surface area contributed by atoms with Crippen molar-refractivity contribution in [1.29, 1.82) is 0 Å². The number of rotatable bonds is 8. The molecule has 3 aromatic rings. The van der Waals surface area contributed by atoms with Gasteiger partial charge >= 0.3 is 0 Å². The van der Waals surface area contributed by atoms with Crippen LogP contribution in [0.1, 0.15) is 103 Å². The Morgan fingerprint density at radius 2 is 1.57 bits per heavy atom. The number of carbonyl (C=O) groups excluding carboxylic acids is 4. The third-order valence-corrected chi connectivity index (χ3v) is 12.7. The molecule has 13 nitrogen and oxygen atoms in total. The lowest BCUT2D eigenvalue weighted by Crippen LogP contribution is -2.53. The van der Waals surface area contributed by atoms with Gasteiger partial charge < -0.3 is 34.9 Å². The summed E-state index contributed by atoms with van der Waals surface area (Å²) in [5, 5.41) is 3.69. The maximum atomic E-state index is 14.6. The van der Waals surface area contributed by atoms with E-state index in [1.807, 2.05) is 59.5 Å². The zero-order valence-corrected chi connectivity index (χ0v) is 34.4. The van der Waals surface area contributed by atoms with Gasteiger partial charge in [-0.05, 0) is 57.1 Å². The van der Waals surface area contributed by atoms with Crippen molar-refractivity contribution in [3.8, 4) is 22.8 Å². The number of primary amides is 1. The van der Waals surface area contributed by atoms with Gasteiger partial charge in [0.25, 0.3) is 0 Å². The molecule has 1 unspecified atom stereocenters. The van der Waals surface area contributed by atoms with Crippen LogP contribution in [0.5, 0.6) is 11.5 Å². The molecule has 4 amide bonds. The first-order valence-electron chi connectivity index (χ1n) is 21.1. The molecular weight excluding hydrogens is 759 g/mol. The molecule has 1 aromatic heterocycles. The molecule has 314 valence electrons. The summed E-state index contributed by atoms with van der Waals surface area (Å²) in [5.41, 5.74) is 8.10. The SMILES string of the molecule is COc1ccc2c(O[C@@H]3C[C@H]4C(=O)N[C@H](C(N)=O)CCCCCCCCC[C@H](CC(=O)N5CCCCC5)C(=O)N4C3)cc(-c3ccccc3)nc2c1.O=S([O-])C1CC1. The van der Waals surface area contributed by atoms with Crippen molar-refractivity contribution in [1.82, 2.24) is 20.1 Å². The number of amides is 4. The summed E-state index contributed by atoms with van der Waals surface area (Å²) >= 11 is -1.76. The van der Waals surface area contributed by atoms with Crippen molar-refractivity contribution in [2.75, 3.05) is 26.7 Å². The summed E-state index contributed by atoms with van der Waals surface area (Å²) in [4.78, 5) is 63.1. The van der Waals surface area contributed by atoms with E-state index in [2.05, 4.69) is 5.32 Å². The van der Waals surface area contributed by atoms with Gasteiger partial charge in [0, 0.05) is 60.2 Å². The lowest BCUT2D eigenvalue weighted by atomic mass is 9.93. The Morgan fingerprint density at radius 3 is 2.21 bits per heavy atom. The average molecular weight is 817 g/mol. The molecule has 7 rings (SSSR count). The summed E-state index contributed by atoms with van der Waals surface area (Å²) in [6, 6.07) is 15.6. The maximum absolute atomic E-state index is 14.6. The number of nitrogens with one attached hydrogen (secondary N) is 1. The largest absolute Gasteiger partial charge is 0.772 e. The van der Waals surface area contributed by atoms with Gasteiger partial charge in [0.2, 0.25) is 23.6 Å². The molecule has 3 N–H and O–H groups in total. The topological polar surface area (TPSA) is 184 Å². The van der Waals surface area contributed by atoms with Gasteiger partial charge in [-0.25, -0.2) is 4.98 Å². The molecule has 0 spiro atoms. The van der Waals surface area contributed by atoms with Crippen LogP contribution in [0.3, 0.4) is 0 Å². The van der Waals surface area contributed by atoms with Gasteiger partial charge in [-0.15, -0.1) is 0 Å². The second-order valence-corrected chi connectivity index (χ2v) is 17.2. The third-order valence-electron chi connectivity index (χ3n) is 11.7. The number of methoxy groups -OCH3 is 1. The van der Waals surface area contributed by atoms with E-state index in [1.54, 1.807) is 12.0 Å². The minimum Gasteiger partial charge on any atom is -0.772 e. The molecule has 0 bridgehead atoms. The summed E-state index contributed by atoms with van der Waals surface area (Å²) in [6.07, 6.45) is 12.3. The quantitative estimate of drug-likeness (QED) is 0.265. The van der Waals surface area contributed by atoms with E-state index in [1.165, 1.54) is 0 Å². The lowest BCUT2D eigenvalue weighted by Gasteiger charge is -2.31. The third kappa shape index (κ3) is 11.8. The van der Waals surface area contributed by atoms with Gasteiger partial charge in [-0.3, -0.25) is 23.4 Å². The molecule has 14 heteroatoms. The number of likely N-dealkylation sites (tertiary alicyclic amines) is 1. The first-order valence-corrected chi connectivity index (χ1v) is 22.2. The van der Waals surface area contributed by atoms with Gasteiger partial charge in [0.05, 0.1) is 24.9 Å². The fourth-order valence-corrected chi connectivity index (χ4v) is 8.70. The standard InChI is InChI=1S/C41H53N5O6.C3H6O2S/c1-51-30-19-20-32-35(24-30)43-34(28-15-10-7-11-16-28)26-37(32)52-31-25-36-40(49)44-33(39(42)48)18-12-6-4-2-3-5-9-17-29(41(50)46(36)27-31)23-38(47)45-21-13-8-14-22-45;4-6(5)3-1-2-3/h7,10-11,15-16,19-20,24,26,29,31,33,36H,2-6,8-9,12-14,17-18,21-23,25,27H2,1H3,(H2,42,48)(H,44,49);3H,1-2H2,(H,4,5)/p-1/t29-,31-,33+,36+;/m1./s1. The average Bonchev–Trinajstić information content (AvgIpc) is 4.02. The van der Waals surface area contributed by atoms with Crippen LogP contribution in [0.15, 0.2) is 54.6 Å². The Morgan fingerprint density at radius 1 is 0.897 bits per heavy atom. The zero-order valence-electron chi connectivity index (χ0n) is 33.6. The minimum atomic E-state index is -1.76. The summed E-state index contributed by atoms with van der Waals surface area (Å²) in [6.45, 7) is 1.60. The maximum Gasteiger partial charge on any atom is 0.243 e. The number of ether oxygens (including phenoxy) is 2. The minimum absolute atomic E-state index is 0.00127. The Kier molecular flexibility index (Phi) is 15.5. The predicted octanol–water partition coefficient (Wildman–Crippen LogP) is 5.80.